The summed E-state index contributed by atoms with van der Waals surface area (Å²) in [5.74, 6) is 1.86. The monoisotopic (exact) mass is 374 g/mol. The molecule has 0 radical (unpaired) electrons. The molecule has 0 saturated heterocycles. The first kappa shape index (κ1) is 20.4. The molecule has 0 atom stereocenters. The molecule has 0 aliphatic carbocycles. The van der Waals surface area contributed by atoms with Crippen molar-refractivity contribution in [2.75, 3.05) is 6.54 Å². The fourth-order valence-corrected chi connectivity index (χ4v) is 3.33. The van der Waals surface area contributed by atoms with Gasteiger partial charge < -0.3 is 9.64 Å². The molecular weight excluding hydrogens is 344 g/mol. The van der Waals surface area contributed by atoms with Crippen LogP contribution in [0.1, 0.15) is 50.4 Å². The summed E-state index contributed by atoms with van der Waals surface area (Å²) in [7, 11) is 0. The second kappa shape index (κ2) is 9.72. The van der Waals surface area contributed by atoms with Gasteiger partial charge in [0.2, 0.25) is 5.91 Å². The summed E-state index contributed by atoms with van der Waals surface area (Å²) in [6, 6.07) is 8.01. The molecule has 1 aromatic carbocycles. The maximum Gasteiger partial charge on any atom is 0.223 e. The lowest BCUT2D eigenvalue weighted by atomic mass is 10.1. The lowest BCUT2D eigenvalue weighted by Gasteiger charge is -2.24. The summed E-state index contributed by atoms with van der Waals surface area (Å²) in [5.41, 5.74) is 2.15. The number of thiazole rings is 1. The normalized spacial score (nSPS) is 11.2. The largest absolute Gasteiger partial charge is 0.486 e. The number of hydrogen-bond acceptors (Lipinski definition) is 4. The number of amides is 1. The summed E-state index contributed by atoms with van der Waals surface area (Å²) in [4.78, 5) is 19.1. The highest BCUT2D eigenvalue weighted by Gasteiger charge is 2.18. The zero-order chi connectivity index (χ0) is 19.1. The highest BCUT2D eigenvalue weighted by Crippen LogP contribution is 2.18. The summed E-state index contributed by atoms with van der Waals surface area (Å²) < 4.78 is 5.80. The Kier molecular flexibility index (Phi) is 7.64. The van der Waals surface area contributed by atoms with Crippen LogP contribution in [0.4, 0.5) is 0 Å². The molecule has 1 aromatic heterocycles. The number of rotatable bonds is 9. The van der Waals surface area contributed by atoms with Crippen molar-refractivity contribution >= 4 is 17.2 Å². The lowest BCUT2D eigenvalue weighted by Crippen LogP contribution is -2.34. The molecule has 0 saturated carbocycles. The van der Waals surface area contributed by atoms with Gasteiger partial charge in [-0.3, -0.25) is 4.79 Å². The van der Waals surface area contributed by atoms with Crippen LogP contribution in [-0.4, -0.2) is 22.3 Å². The van der Waals surface area contributed by atoms with Gasteiger partial charge in [-0.25, -0.2) is 4.98 Å². The summed E-state index contributed by atoms with van der Waals surface area (Å²) >= 11 is 1.58. The first-order valence-electron chi connectivity index (χ1n) is 9.24. The zero-order valence-corrected chi connectivity index (χ0v) is 17.3. The third kappa shape index (κ3) is 6.79. The van der Waals surface area contributed by atoms with Gasteiger partial charge in [0.1, 0.15) is 17.4 Å². The number of aryl methyl sites for hydroxylation is 1. The van der Waals surface area contributed by atoms with Crippen molar-refractivity contribution in [2.45, 2.75) is 54.2 Å². The first-order valence-corrected chi connectivity index (χ1v) is 10.1. The fraction of sp³-hybridized carbons (Fsp3) is 0.524. The maximum atomic E-state index is 12.5. The van der Waals surface area contributed by atoms with E-state index in [0.717, 1.165) is 23.0 Å². The number of carbonyl (C=O) groups excluding carboxylic acids is 1. The molecular formula is C21H30N2O2S. The van der Waals surface area contributed by atoms with E-state index in [9.17, 15) is 4.79 Å². The van der Waals surface area contributed by atoms with Crippen LogP contribution in [-0.2, 0) is 17.9 Å². The quantitative estimate of drug-likeness (QED) is 0.616. The Labute approximate surface area is 161 Å². The molecule has 26 heavy (non-hydrogen) atoms. The van der Waals surface area contributed by atoms with Gasteiger partial charge in [-0.15, -0.1) is 11.3 Å². The van der Waals surface area contributed by atoms with E-state index in [1.165, 1.54) is 5.56 Å². The van der Waals surface area contributed by atoms with Crippen LogP contribution in [0, 0.1) is 18.8 Å². The van der Waals surface area contributed by atoms with Crippen molar-refractivity contribution in [2.24, 2.45) is 11.8 Å². The van der Waals surface area contributed by atoms with Crippen molar-refractivity contribution < 1.29 is 9.53 Å². The highest BCUT2D eigenvalue weighted by molar-refractivity contribution is 7.09. The molecule has 5 heteroatoms. The maximum absolute atomic E-state index is 12.5. The fourth-order valence-electron chi connectivity index (χ4n) is 2.64. The van der Waals surface area contributed by atoms with Crippen LogP contribution in [0.25, 0.3) is 0 Å². The van der Waals surface area contributed by atoms with Gasteiger partial charge in [0.25, 0.3) is 0 Å². The molecule has 1 heterocycles. The first-order chi connectivity index (χ1) is 12.3. The van der Waals surface area contributed by atoms with Gasteiger partial charge in [0.05, 0.1) is 12.2 Å². The number of nitrogens with zero attached hydrogens (tertiary/aromatic N) is 2. The van der Waals surface area contributed by atoms with E-state index in [4.69, 9.17) is 4.74 Å². The molecule has 2 rings (SSSR count). The molecule has 0 N–H and O–H groups in total. The van der Waals surface area contributed by atoms with Crippen molar-refractivity contribution in [3.63, 3.8) is 0 Å². The average molecular weight is 375 g/mol. The van der Waals surface area contributed by atoms with Crippen LogP contribution in [0.2, 0.25) is 0 Å². The van der Waals surface area contributed by atoms with E-state index in [0.29, 0.717) is 31.4 Å². The minimum Gasteiger partial charge on any atom is -0.486 e. The van der Waals surface area contributed by atoms with E-state index in [2.05, 4.69) is 39.6 Å². The van der Waals surface area contributed by atoms with E-state index >= 15 is 0 Å². The van der Waals surface area contributed by atoms with Crippen LogP contribution in [0.5, 0.6) is 5.75 Å². The summed E-state index contributed by atoms with van der Waals surface area (Å²) in [6.45, 7) is 12.3. The summed E-state index contributed by atoms with van der Waals surface area (Å²) in [5, 5.41) is 2.96. The topological polar surface area (TPSA) is 42.4 Å². The Balaban J connectivity index is 1.95. The molecule has 142 valence electrons. The highest BCUT2D eigenvalue weighted by atomic mass is 32.1. The van der Waals surface area contributed by atoms with Gasteiger partial charge in [-0.1, -0.05) is 45.4 Å². The molecule has 1 amide bonds. The SMILES string of the molecule is Cc1ccc(OCc2nc(CN(CC(C)C)C(=O)CC(C)C)cs2)cc1. The van der Waals surface area contributed by atoms with Crippen LogP contribution in [0.15, 0.2) is 29.6 Å². The smallest absolute Gasteiger partial charge is 0.223 e. The molecule has 0 fully saturated rings. The van der Waals surface area contributed by atoms with Crippen molar-refractivity contribution in [1.29, 1.82) is 0 Å². The summed E-state index contributed by atoms with van der Waals surface area (Å²) in [6.07, 6.45) is 0.584. The minimum atomic E-state index is 0.208. The predicted octanol–water partition coefficient (Wildman–Crippen LogP) is 5.06. The van der Waals surface area contributed by atoms with Gasteiger partial charge in [0, 0.05) is 18.3 Å². The molecule has 0 bridgehead atoms. The number of aromatic nitrogens is 1. The number of carbonyl (C=O) groups is 1. The van der Waals surface area contributed by atoms with Gasteiger partial charge in [-0.05, 0) is 30.9 Å². The van der Waals surface area contributed by atoms with Gasteiger partial charge in [0.15, 0.2) is 0 Å². The second-order valence-electron chi connectivity index (χ2n) is 7.60. The van der Waals surface area contributed by atoms with Gasteiger partial charge >= 0.3 is 0 Å². The van der Waals surface area contributed by atoms with E-state index in [1.807, 2.05) is 34.5 Å². The van der Waals surface area contributed by atoms with Crippen LogP contribution < -0.4 is 4.74 Å². The van der Waals surface area contributed by atoms with Crippen LogP contribution in [0.3, 0.4) is 0 Å². The second-order valence-corrected chi connectivity index (χ2v) is 8.54. The third-order valence-corrected chi connectivity index (χ3v) is 4.73. The standard InChI is InChI=1S/C21H30N2O2S/c1-15(2)10-21(24)23(11-16(3)4)12-18-14-26-20(22-18)13-25-19-8-6-17(5)7-9-19/h6-9,14-16H,10-13H2,1-5H3. The molecule has 0 spiro atoms. The van der Waals surface area contributed by atoms with Crippen LogP contribution >= 0.6 is 11.3 Å². The predicted molar refractivity (Wildman–Crippen MR) is 107 cm³/mol. The van der Waals surface area contributed by atoms with Crippen molar-refractivity contribution in [3.8, 4) is 5.75 Å². The Morgan fingerprint density at radius 3 is 2.46 bits per heavy atom. The Hall–Kier alpha value is -1.88. The molecule has 4 nitrogen and oxygen atoms in total. The molecule has 0 aliphatic rings. The van der Waals surface area contributed by atoms with E-state index in [1.54, 1.807) is 11.3 Å². The van der Waals surface area contributed by atoms with Crippen molar-refractivity contribution in [1.82, 2.24) is 9.88 Å². The van der Waals surface area contributed by atoms with E-state index < -0.39 is 0 Å². The van der Waals surface area contributed by atoms with E-state index in [-0.39, 0.29) is 5.91 Å². The average Bonchev–Trinajstić information content (AvgIpc) is 3.00. The number of ether oxygens (including phenoxy) is 1. The Bertz CT molecular complexity index is 692. The van der Waals surface area contributed by atoms with Crippen molar-refractivity contribution in [3.05, 3.63) is 45.9 Å². The lowest BCUT2D eigenvalue weighted by molar-refractivity contribution is -0.133. The zero-order valence-electron chi connectivity index (χ0n) is 16.5. The number of benzene rings is 1. The molecule has 0 aliphatic heterocycles. The minimum absolute atomic E-state index is 0.208. The van der Waals surface area contributed by atoms with Gasteiger partial charge in [-0.2, -0.15) is 0 Å². The Morgan fingerprint density at radius 2 is 1.85 bits per heavy atom. The molecule has 0 unspecified atom stereocenters. The Morgan fingerprint density at radius 1 is 1.15 bits per heavy atom. The third-order valence-electron chi connectivity index (χ3n) is 3.86. The molecule has 2 aromatic rings. The number of hydrogen-bond donors (Lipinski definition) is 0.